The zero-order valence-electron chi connectivity index (χ0n) is 12.2. The summed E-state index contributed by atoms with van der Waals surface area (Å²) in [5.74, 6) is 0.769. The third kappa shape index (κ3) is 5.65. The van der Waals surface area contributed by atoms with E-state index in [1.54, 1.807) is 0 Å². The van der Waals surface area contributed by atoms with Gasteiger partial charge in [-0.1, -0.05) is 43.7 Å². The van der Waals surface area contributed by atoms with Gasteiger partial charge in [-0.25, -0.2) is 0 Å². The number of likely N-dealkylation sites (N-methyl/N-ethyl adjacent to an activating group) is 1. The standard InChI is InChI=1S/C16H27NO/c1-13(2)7-6-10-18-12-16(17-4)15-9-5-8-14(3)11-15/h5,8-9,11,13,16-17H,6-7,10,12H2,1-4H3. The van der Waals surface area contributed by atoms with Crippen LogP contribution in [0.1, 0.15) is 43.9 Å². The van der Waals surface area contributed by atoms with Gasteiger partial charge >= 0.3 is 0 Å². The van der Waals surface area contributed by atoms with Crippen LogP contribution in [0, 0.1) is 12.8 Å². The highest BCUT2D eigenvalue weighted by atomic mass is 16.5. The minimum atomic E-state index is 0.295. The van der Waals surface area contributed by atoms with Crippen molar-refractivity contribution in [2.75, 3.05) is 20.3 Å². The summed E-state index contributed by atoms with van der Waals surface area (Å²) in [6.45, 7) is 8.24. The number of nitrogens with one attached hydrogen (secondary N) is 1. The van der Waals surface area contributed by atoms with Crippen LogP contribution in [-0.4, -0.2) is 20.3 Å². The number of rotatable bonds is 8. The summed E-state index contributed by atoms with van der Waals surface area (Å²) >= 11 is 0. The third-order valence-electron chi connectivity index (χ3n) is 3.15. The largest absolute Gasteiger partial charge is 0.379 e. The smallest absolute Gasteiger partial charge is 0.0661 e. The van der Waals surface area contributed by atoms with E-state index in [0.717, 1.165) is 25.6 Å². The highest BCUT2D eigenvalue weighted by Gasteiger charge is 2.09. The number of aryl methyl sites for hydroxylation is 1. The second-order valence-electron chi connectivity index (χ2n) is 5.37. The van der Waals surface area contributed by atoms with Crippen LogP contribution in [0.3, 0.4) is 0 Å². The molecule has 0 bridgehead atoms. The topological polar surface area (TPSA) is 21.3 Å². The Labute approximate surface area is 112 Å². The minimum Gasteiger partial charge on any atom is -0.379 e. The van der Waals surface area contributed by atoms with Gasteiger partial charge in [0.2, 0.25) is 0 Å². The molecule has 0 amide bonds. The van der Waals surface area contributed by atoms with Gasteiger partial charge < -0.3 is 10.1 Å². The van der Waals surface area contributed by atoms with E-state index in [0.29, 0.717) is 6.04 Å². The molecule has 2 heteroatoms. The predicted molar refractivity (Wildman–Crippen MR) is 77.9 cm³/mol. The molecule has 0 radical (unpaired) electrons. The maximum absolute atomic E-state index is 5.77. The SMILES string of the molecule is CNC(COCCCC(C)C)c1cccc(C)c1. The molecule has 0 aliphatic heterocycles. The average Bonchev–Trinajstić information content (AvgIpc) is 2.33. The van der Waals surface area contributed by atoms with Gasteiger partial charge in [0, 0.05) is 6.61 Å². The molecule has 0 aromatic heterocycles. The van der Waals surface area contributed by atoms with Crippen molar-refractivity contribution in [3.8, 4) is 0 Å². The normalized spacial score (nSPS) is 12.9. The van der Waals surface area contributed by atoms with Crippen LogP contribution < -0.4 is 5.32 Å². The Hall–Kier alpha value is -0.860. The fraction of sp³-hybridized carbons (Fsp3) is 0.625. The zero-order valence-corrected chi connectivity index (χ0v) is 12.2. The molecule has 1 atom stereocenters. The van der Waals surface area contributed by atoms with Crippen molar-refractivity contribution < 1.29 is 4.74 Å². The van der Waals surface area contributed by atoms with Gasteiger partial charge in [0.25, 0.3) is 0 Å². The average molecular weight is 249 g/mol. The first-order chi connectivity index (χ1) is 8.63. The molecule has 1 unspecified atom stereocenters. The second-order valence-corrected chi connectivity index (χ2v) is 5.37. The molecule has 0 aliphatic carbocycles. The quantitative estimate of drug-likeness (QED) is 0.709. The lowest BCUT2D eigenvalue weighted by Crippen LogP contribution is -2.22. The van der Waals surface area contributed by atoms with E-state index in [4.69, 9.17) is 4.74 Å². The molecule has 0 heterocycles. The van der Waals surface area contributed by atoms with Crippen molar-refractivity contribution in [3.05, 3.63) is 35.4 Å². The van der Waals surface area contributed by atoms with Crippen molar-refractivity contribution in [2.45, 2.75) is 39.7 Å². The summed E-state index contributed by atoms with van der Waals surface area (Å²) in [5.41, 5.74) is 2.61. The van der Waals surface area contributed by atoms with E-state index in [-0.39, 0.29) is 0 Å². The number of hydrogen-bond donors (Lipinski definition) is 1. The van der Waals surface area contributed by atoms with Gasteiger partial charge in [-0.3, -0.25) is 0 Å². The van der Waals surface area contributed by atoms with Crippen molar-refractivity contribution in [1.82, 2.24) is 5.32 Å². The van der Waals surface area contributed by atoms with Crippen molar-refractivity contribution in [3.63, 3.8) is 0 Å². The fourth-order valence-electron chi connectivity index (χ4n) is 2.03. The highest BCUT2D eigenvalue weighted by molar-refractivity contribution is 5.25. The van der Waals surface area contributed by atoms with Crippen LogP contribution >= 0.6 is 0 Å². The summed E-state index contributed by atoms with van der Waals surface area (Å²) in [4.78, 5) is 0. The molecule has 0 fully saturated rings. The monoisotopic (exact) mass is 249 g/mol. The summed E-state index contributed by atoms with van der Waals surface area (Å²) in [5, 5.41) is 3.32. The van der Waals surface area contributed by atoms with Gasteiger partial charge in [-0.05, 0) is 38.3 Å². The molecule has 0 saturated heterocycles. The minimum absolute atomic E-state index is 0.295. The molecular weight excluding hydrogens is 222 g/mol. The summed E-state index contributed by atoms with van der Waals surface area (Å²) in [7, 11) is 1.99. The van der Waals surface area contributed by atoms with Gasteiger partial charge in [0.15, 0.2) is 0 Å². The maximum atomic E-state index is 5.77. The lowest BCUT2D eigenvalue weighted by Gasteiger charge is -2.17. The van der Waals surface area contributed by atoms with Gasteiger partial charge in [-0.15, -0.1) is 0 Å². The van der Waals surface area contributed by atoms with Gasteiger partial charge in [-0.2, -0.15) is 0 Å². The molecule has 1 aromatic carbocycles. The first-order valence-corrected chi connectivity index (χ1v) is 6.95. The van der Waals surface area contributed by atoms with Gasteiger partial charge in [0.1, 0.15) is 0 Å². The maximum Gasteiger partial charge on any atom is 0.0661 e. The Morgan fingerprint density at radius 1 is 1.28 bits per heavy atom. The molecule has 1 aromatic rings. The summed E-state index contributed by atoms with van der Waals surface area (Å²) in [6, 6.07) is 8.90. The Morgan fingerprint density at radius 2 is 2.06 bits per heavy atom. The first-order valence-electron chi connectivity index (χ1n) is 6.95. The van der Waals surface area contributed by atoms with Crippen LogP contribution in [0.4, 0.5) is 0 Å². The molecule has 18 heavy (non-hydrogen) atoms. The van der Waals surface area contributed by atoms with Crippen LogP contribution in [0.25, 0.3) is 0 Å². The molecule has 1 N–H and O–H groups in total. The molecule has 0 aliphatic rings. The van der Waals surface area contributed by atoms with Gasteiger partial charge in [0.05, 0.1) is 12.6 Å². The van der Waals surface area contributed by atoms with E-state index < -0.39 is 0 Å². The van der Waals surface area contributed by atoms with Crippen molar-refractivity contribution in [1.29, 1.82) is 0 Å². The second kappa shape index (κ2) is 8.28. The van der Waals surface area contributed by atoms with Crippen LogP contribution in [0.2, 0.25) is 0 Å². The third-order valence-corrected chi connectivity index (χ3v) is 3.15. The van der Waals surface area contributed by atoms with E-state index in [1.807, 2.05) is 7.05 Å². The predicted octanol–water partition coefficient (Wildman–Crippen LogP) is 3.71. The van der Waals surface area contributed by atoms with E-state index in [9.17, 15) is 0 Å². The van der Waals surface area contributed by atoms with E-state index in [2.05, 4.69) is 50.4 Å². The molecule has 1 rings (SSSR count). The van der Waals surface area contributed by atoms with Crippen molar-refractivity contribution >= 4 is 0 Å². The summed E-state index contributed by atoms with van der Waals surface area (Å²) < 4.78 is 5.77. The number of ether oxygens (including phenoxy) is 1. The Balaban J connectivity index is 2.34. The molecule has 0 saturated carbocycles. The lowest BCUT2D eigenvalue weighted by atomic mass is 10.1. The van der Waals surface area contributed by atoms with E-state index in [1.165, 1.54) is 17.5 Å². The lowest BCUT2D eigenvalue weighted by molar-refractivity contribution is 0.108. The van der Waals surface area contributed by atoms with Crippen LogP contribution in [0.5, 0.6) is 0 Å². The fourth-order valence-corrected chi connectivity index (χ4v) is 2.03. The molecular formula is C16H27NO. The molecule has 102 valence electrons. The highest BCUT2D eigenvalue weighted by Crippen LogP contribution is 2.15. The zero-order chi connectivity index (χ0) is 13.4. The van der Waals surface area contributed by atoms with Crippen LogP contribution in [-0.2, 0) is 4.74 Å². The van der Waals surface area contributed by atoms with Crippen LogP contribution in [0.15, 0.2) is 24.3 Å². The Bertz CT molecular complexity index is 336. The summed E-state index contributed by atoms with van der Waals surface area (Å²) in [6.07, 6.45) is 2.40. The Kier molecular flexibility index (Phi) is 6.99. The Morgan fingerprint density at radius 3 is 2.67 bits per heavy atom. The van der Waals surface area contributed by atoms with Crippen molar-refractivity contribution in [2.24, 2.45) is 5.92 Å². The first kappa shape index (κ1) is 15.2. The molecule has 0 spiro atoms. The molecule has 2 nitrogen and oxygen atoms in total. The van der Waals surface area contributed by atoms with E-state index >= 15 is 0 Å². The number of hydrogen-bond acceptors (Lipinski definition) is 2. The number of benzene rings is 1.